The Kier molecular flexibility index (Phi) is 7.51. The quantitative estimate of drug-likeness (QED) is 0.433. The van der Waals surface area contributed by atoms with E-state index in [0.717, 1.165) is 24.2 Å². The Balaban J connectivity index is 0.00000220. The molecule has 3 unspecified atom stereocenters. The Morgan fingerprint density at radius 2 is 2.24 bits per heavy atom. The first-order valence-corrected chi connectivity index (χ1v) is 7.36. The molecule has 1 saturated carbocycles. The summed E-state index contributed by atoms with van der Waals surface area (Å²) in [7, 11) is 4.10. The van der Waals surface area contributed by atoms with Gasteiger partial charge in [0, 0.05) is 12.6 Å². The zero-order valence-corrected chi connectivity index (χ0v) is 15.6. The van der Waals surface area contributed by atoms with Gasteiger partial charge in [-0.3, -0.25) is 9.89 Å². The summed E-state index contributed by atoms with van der Waals surface area (Å²) in [5, 5.41) is 6.77. The first-order valence-electron chi connectivity index (χ1n) is 7.36. The number of nitrogens with zero attached hydrogens (tertiary/aromatic N) is 2. The van der Waals surface area contributed by atoms with Crippen molar-refractivity contribution in [2.75, 3.05) is 27.2 Å². The highest BCUT2D eigenvalue weighted by molar-refractivity contribution is 14.0. The average molecular weight is 406 g/mol. The van der Waals surface area contributed by atoms with Gasteiger partial charge >= 0.3 is 0 Å². The molecule has 0 saturated heterocycles. The van der Waals surface area contributed by atoms with Crippen LogP contribution in [0.15, 0.2) is 27.8 Å². The second-order valence-corrected chi connectivity index (χ2v) is 5.68. The number of rotatable bonds is 6. The predicted octanol–water partition coefficient (Wildman–Crippen LogP) is 2.46. The molecule has 1 fully saturated rings. The number of hydrogen-bond acceptors (Lipinski definition) is 3. The van der Waals surface area contributed by atoms with Crippen LogP contribution in [0.4, 0.5) is 0 Å². The third-order valence-electron chi connectivity index (χ3n) is 3.69. The molecule has 0 aromatic carbocycles. The van der Waals surface area contributed by atoms with Gasteiger partial charge in [0.2, 0.25) is 0 Å². The molecule has 1 aliphatic carbocycles. The van der Waals surface area contributed by atoms with Gasteiger partial charge in [0.1, 0.15) is 5.76 Å². The first-order chi connectivity index (χ1) is 9.61. The number of guanidine groups is 1. The maximum absolute atomic E-state index is 5.51. The largest absolute Gasteiger partial charge is 0.468 e. The molecule has 0 aliphatic heterocycles. The Bertz CT molecular complexity index is 433. The number of furan rings is 1. The topological polar surface area (TPSA) is 52.8 Å². The minimum absolute atomic E-state index is 0. The van der Waals surface area contributed by atoms with E-state index >= 15 is 0 Å². The van der Waals surface area contributed by atoms with E-state index < -0.39 is 0 Å². The van der Waals surface area contributed by atoms with Crippen molar-refractivity contribution in [1.82, 2.24) is 15.5 Å². The fourth-order valence-corrected chi connectivity index (χ4v) is 2.19. The molecule has 1 aromatic heterocycles. The van der Waals surface area contributed by atoms with E-state index in [9.17, 15) is 0 Å². The van der Waals surface area contributed by atoms with Gasteiger partial charge < -0.3 is 15.1 Å². The highest BCUT2D eigenvalue weighted by Gasteiger charge is 2.33. The van der Waals surface area contributed by atoms with Gasteiger partial charge in [-0.1, -0.05) is 6.92 Å². The Hall–Kier alpha value is -0.760. The van der Waals surface area contributed by atoms with E-state index in [1.807, 2.05) is 26.2 Å². The molecule has 3 atom stereocenters. The van der Waals surface area contributed by atoms with Crippen LogP contribution in [-0.2, 0) is 0 Å². The average Bonchev–Trinajstić information content (AvgIpc) is 2.89. The SMILES string of the molecule is CCNC(=NCC(c1ccco1)N(C)C)NC1CC1C.I. The van der Waals surface area contributed by atoms with Crippen LogP contribution in [0.2, 0.25) is 0 Å². The molecule has 120 valence electrons. The lowest BCUT2D eigenvalue weighted by atomic mass is 10.2. The van der Waals surface area contributed by atoms with Crippen molar-refractivity contribution in [3.8, 4) is 0 Å². The molecular weight excluding hydrogens is 379 g/mol. The zero-order valence-electron chi connectivity index (χ0n) is 13.3. The van der Waals surface area contributed by atoms with Crippen molar-refractivity contribution >= 4 is 29.9 Å². The van der Waals surface area contributed by atoms with Gasteiger partial charge in [0.15, 0.2) is 5.96 Å². The molecule has 0 bridgehead atoms. The number of aliphatic imine (C=N–C) groups is 1. The molecule has 2 N–H and O–H groups in total. The van der Waals surface area contributed by atoms with Gasteiger partial charge in [0.25, 0.3) is 0 Å². The maximum atomic E-state index is 5.51. The molecule has 2 rings (SSSR count). The summed E-state index contributed by atoms with van der Waals surface area (Å²) >= 11 is 0. The van der Waals surface area contributed by atoms with Gasteiger partial charge in [-0.05, 0) is 45.5 Å². The van der Waals surface area contributed by atoms with Crippen LogP contribution in [0.1, 0.15) is 32.1 Å². The van der Waals surface area contributed by atoms with Crippen molar-refractivity contribution < 1.29 is 4.42 Å². The van der Waals surface area contributed by atoms with Gasteiger partial charge in [-0.25, -0.2) is 0 Å². The predicted molar refractivity (Wildman–Crippen MR) is 97.2 cm³/mol. The van der Waals surface area contributed by atoms with E-state index in [1.54, 1.807) is 6.26 Å². The van der Waals surface area contributed by atoms with Gasteiger partial charge in [0.05, 0.1) is 18.8 Å². The zero-order chi connectivity index (χ0) is 14.5. The van der Waals surface area contributed by atoms with Crippen LogP contribution in [0.25, 0.3) is 0 Å². The van der Waals surface area contributed by atoms with Crippen LogP contribution in [0.3, 0.4) is 0 Å². The molecule has 1 heterocycles. The number of nitrogens with one attached hydrogen (secondary N) is 2. The third-order valence-corrected chi connectivity index (χ3v) is 3.69. The number of likely N-dealkylation sites (N-methyl/N-ethyl adjacent to an activating group) is 1. The molecule has 1 aliphatic rings. The summed E-state index contributed by atoms with van der Waals surface area (Å²) < 4.78 is 5.51. The standard InChI is InChI=1S/C15H26N4O.HI/c1-5-16-15(18-12-9-11(12)2)17-10-13(19(3)4)14-7-6-8-20-14;/h6-8,11-13H,5,9-10H2,1-4H3,(H2,16,17,18);1H. The first kappa shape index (κ1) is 18.3. The van der Waals surface area contributed by atoms with Gasteiger partial charge in [-0.2, -0.15) is 0 Å². The minimum Gasteiger partial charge on any atom is -0.468 e. The smallest absolute Gasteiger partial charge is 0.191 e. The Labute approximate surface area is 144 Å². The van der Waals surface area contributed by atoms with Crippen molar-refractivity contribution in [2.24, 2.45) is 10.9 Å². The minimum atomic E-state index is 0. The molecule has 0 amide bonds. The van der Waals surface area contributed by atoms with Crippen LogP contribution < -0.4 is 10.6 Å². The Morgan fingerprint density at radius 3 is 2.71 bits per heavy atom. The summed E-state index contributed by atoms with van der Waals surface area (Å²) in [6, 6.07) is 4.67. The summed E-state index contributed by atoms with van der Waals surface area (Å²) in [5.41, 5.74) is 0. The van der Waals surface area contributed by atoms with Crippen LogP contribution in [0.5, 0.6) is 0 Å². The number of hydrogen-bond donors (Lipinski definition) is 2. The second kappa shape index (κ2) is 8.63. The molecule has 0 radical (unpaired) electrons. The monoisotopic (exact) mass is 406 g/mol. The lowest BCUT2D eigenvalue weighted by Crippen LogP contribution is -2.39. The van der Waals surface area contributed by atoms with Crippen LogP contribution in [-0.4, -0.2) is 44.1 Å². The summed E-state index contributed by atoms with van der Waals surface area (Å²) in [6.07, 6.45) is 2.95. The summed E-state index contributed by atoms with van der Waals surface area (Å²) in [6.45, 7) is 5.90. The van der Waals surface area contributed by atoms with E-state index in [4.69, 9.17) is 9.41 Å². The molecule has 6 heteroatoms. The van der Waals surface area contributed by atoms with Crippen molar-refractivity contribution in [3.05, 3.63) is 24.2 Å². The molecule has 1 aromatic rings. The molecular formula is C15H27IN4O. The van der Waals surface area contributed by atoms with Crippen molar-refractivity contribution in [2.45, 2.75) is 32.4 Å². The Morgan fingerprint density at radius 1 is 1.52 bits per heavy atom. The van der Waals surface area contributed by atoms with E-state index in [0.29, 0.717) is 12.6 Å². The lowest BCUT2D eigenvalue weighted by molar-refractivity contribution is 0.265. The normalized spacial score (nSPS) is 22.6. The maximum Gasteiger partial charge on any atom is 0.191 e. The highest BCUT2D eigenvalue weighted by atomic mass is 127. The van der Waals surface area contributed by atoms with Crippen molar-refractivity contribution in [3.63, 3.8) is 0 Å². The molecule has 5 nitrogen and oxygen atoms in total. The van der Waals surface area contributed by atoms with E-state index in [-0.39, 0.29) is 30.0 Å². The second-order valence-electron chi connectivity index (χ2n) is 5.68. The van der Waals surface area contributed by atoms with Gasteiger partial charge in [-0.15, -0.1) is 24.0 Å². The molecule has 21 heavy (non-hydrogen) atoms. The summed E-state index contributed by atoms with van der Waals surface area (Å²) in [4.78, 5) is 6.83. The fourth-order valence-electron chi connectivity index (χ4n) is 2.19. The lowest BCUT2D eigenvalue weighted by Gasteiger charge is -2.21. The van der Waals surface area contributed by atoms with Crippen LogP contribution in [0, 0.1) is 5.92 Å². The number of halogens is 1. The fraction of sp³-hybridized carbons (Fsp3) is 0.667. The van der Waals surface area contributed by atoms with E-state index in [1.165, 1.54) is 6.42 Å². The van der Waals surface area contributed by atoms with Crippen LogP contribution >= 0.6 is 24.0 Å². The molecule has 0 spiro atoms. The highest BCUT2D eigenvalue weighted by Crippen LogP contribution is 2.28. The summed E-state index contributed by atoms with van der Waals surface area (Å²) in [5.74, 6) is 2.61. The third kappa shape index (κ3) is 5.50. The van der Waals surface area contributed by atoms with Crippen molar-refractivity contribution in [1.29, 1.82) is 0 Å². The van der Waals surface area contributed by atoms with E-state index in [2.05, 4.69) is 29.4 Å².